The largest absolute Gasteiger partial charge is 0.359 e. The lowest BCUT2D eigenvalue weighted by molar-refractivity contribution is 0.304. The van der Waals surface area contributed by atoms with E-state index in [0.717, 1.165) is 12.1 Å². The Morgan fingerprint density at radius 1 is 1.31 bits per heavy atom. The highest BCUT2D eigenvalue weighted by molar-refractivity contribution is 5.35. The summed E-state index contributed by atoms with van der Waals surface area (Å²) in [5.41, 5.74) is 4.03. The van der Waals surface area contributed by atoms with E-state index < -0.39 is 0 Å². The normalized spacial score (nSPS) is 18.7. The molecule has 0 fully saturated rings. The SMILES string of the molecule is C=C1C=C(C)C=C(CC(C)CC(C)(C)C)N1. The van der Waals surface area contributed by atoms with Crippen LogP contribution in [0, 0.1) is 11.3 Å². The van der Waals surface area contributed by atoms with Gasteiger partial charge in [-0.05, 0) is 48.8 Å². The van der Waals surface area contributed by atoms with Crippen molar-refractivity contribution in [2.24, 2.45) is 11.3 Å². The van der Waals surface area contributed by atoms with Crippen LogP contribution < -0.4 is 5.32 Å². The van der Waals surface area contributed by atoms with E-state index in [-0.39, 0.29) is 0 Å². The zero-order chi connectivity index (χ0) is 12.3. The van der Waals surface area contributed by atoms with E-state index >= 15 is 0 Å². The molecule has 1 aliphatic heterocycles. The van der Waals surface area contributed by atoms with Crippen LogP contribution in [0.25, 0.3) is 0 Å². The molecule has 0 aromatic heterocycles. The standard InChI is InChI=1S/C15H25N/c1-11-7-13(3)16-14(8-11)9-12(2)10-15(4,5)6/h7-8,12,16H,3,9-10H2,1-2,4-6H3. The summed E-state index contributed by atoms with van der Waals surface area (Å²) in [5, 5.41) is 3.35. The third kappa shape index (κ3) is 4.69. The quantitative estimate of drug-likeness (QED) is 0.742. The predicted molar refractivity (Wildman–Crippen MR) is 72.0 cm³/mol. The van der Waals surface area contributed by atoms with Crippen molar-refractivity contribution in [3.8, 4) is 0 Å². The molecule has 90 valence electrons. The maximum absolute atomic E-state index is 3.97. The van der Waals surface area contributed by atoms with E-state index in [1.54, 1.807) is 0 Å². The highest BCUT2D eigenvalue weighted by atomic mass is 14.9. The van der Waals surface area contributed by atoms with Crippen molar-refractivity contribution in [3.05, 3.63) is 35.7 Å². The highest BCUT2D eigenvalue weighted by Gasteiger charge is 2.17. The molecule has 0 amide bonds. The monoisotopic (exact) mass is 219 g/mol. The van der Waals surface area contributed by atoms with E-state index in [1.165, 1.54) is 17.7 Å². The Bertz CT molecular complexity index is 326. The summed E-state index contributed by atoms with van der Waals surface area (Å²) < 4.78 is 0. The minimum atomic E-state index is 0.413. The Hall–Kier alpha value is -0.980. The highest BCUT2D eigenvalue weighted by Crippen LogP contribution is 2.28. The van der Waals surface area contributed by atoms with Crippen LogP contribution >= 0.6 is 0 Å². The van der Waals surface area contributed by atoms with Crippen molar-refractivity contribution in [2.45, 2.75) is 47.5 Å². The molecular weight excluding hydrogens is 194 g/mol. The van der Waals surface area contributed by atoms with E-state index in [2.05, 4.69) is 58.7 Å². The molecule has 1 unspecified atom stereocenters. The van der Waals surface area contributed by atoms with Gasteiger partial charge in [-0.2, -0.15) is 0 Å². The molecule has 0 bridgehead atoms. The first-order valence-corrected chi connectivity index (χ1v) is 6.11. The Kier molecular flexibility index (Phi) is 4.01. The summed E-state index contributed by atoms with van der Waals surface area (Å²) >= 11 is 0. The van der Waals surface area contributed by atoms with Crippen LogP contribution in [-0.2, 0) is 0 Å². The van der Waals surface area contributed by atoms with Gasteiger partial charge in [0.15, 0.2) is 0 Å². The molecular formula is C15H25N. The van der Waals surface area contributed by atoms with Gasteiger partial charge in [0.1, 0.15) is 0 Å². The Labute approximate surface area is 100 Å². The van der Waals surface area contributed by atoms with E-state index in [0.29, 0.717) is 11.3 Å². The lowest BCUT2D eigenvalue weighted by Gasteiger charge is -2.25. The Morgan fingerprint density at radius 2 is 1.94 bits per heavy atom. The van der Waals surface area contributed by atoms with Crippen LogP contribution in [0.15, 0.2) is 35.7 Å². The number of nitrogens with one attached hydrogen (secondary N) is 1. The zero-order valence-corrected chi connectivity index (χ0v) is 11.4. The van der Waals surface area contributed by atoms with E-state index in [4.69, 9.17) is 0 Å². The van der Waals surface area contributed by atoms with Crippen LogP contribution in [0.3, 0.4) is 0 Å². The first kappa shape index (κ1) is 13.1. The summed E-state index contributed by atoms with van der Waals surface area (Å²) in [6.45, 7) is 15.3. The molecule has 0 saturated heterocycles. The summed E-state index contributed by atoms with van der Waals surface area (Å²) in [5.74, 6) is 0.706. The van der Waals surface area contributed by atoms with Crippen LogP contribution in [0.4, 0.5) is 0 Å². The average Bonchev–Trinajstić information content (AvgIpc) is 1.96. The number of rotatable bonds is 3. The molecule has 0 radical (unpaired) electrons. The molecule has 0 aromatic carbocycles. The van der Waals surface area contributed by atoms with Crippen molar-refractivity contribution in [1.29, 1.82) is 0 Å². The molecule has 0 aliphatic carbocycles. The van der Waals surface area contributed by atoms with Crippen molar-refractivity contribution in [3.63, 3.8) is 0 Å². The summed E-state index contributed by atoms with van der Waals surface area (Å²) in [4.78, 5) is 0. The second kappa shape index (κ2) is 4.90. The fourth-order valence-corrected chi connectivity index (χ4v) is 2.47. The summed E-state index contributed by atoms with van der Waals surface area (Å²) in [6.07, 6.45) is 6.68. The molecule has 1 atom stereocenters. The van der Waals surface area contributed by atoms with E-state index in [9.17, 15) is 0 Å². The van der Waals surface area contributed by atoms with Gasteiger partial charge in [0.05, 0.1) is 0 Å². The maximum atomic E-state index is 3.97. The molecule has 0 aromatic rings. The maximum Gasteiger partial charge on any atom is 0.0311 e. The first-order valence-electron chi connectivity index (χ1n) is 6.11. The molecule has 1 N–H and O–H groups in total. The van der Waals surface area contributed by atoms with Crippen molar-refractivity contribution >= 4 is 0 Å². The average molecular weight is 219 g/mol. The van der Waals surface area contributed by atoms with Crippen molar-refractivity contribution in [2.75, 3.05) is 0 Å². The molecule has 0 saturated carbocycles. The minimum absolute atomic E-state index is 0.413. The van der Waals surface area contributed by atoms with Crippen LogP contribution in [0.5, 0.6) is 0 Å². The predicted octanol–water partition coefficient (Wildman–Crippen LogP) is 4.40. The molecule has 0 spiro atoms. The number of allylic oxidation sites excluding steroid dienone is 4. The third-order valence-corrected chi connectivity index (χ3v) is 2.65. The van der Waals surface area contributed by atoms with Gasteiger partial charge in [-0.25, -0.2) is 0 Å². The zero-order valence-electron chi connectivity index (χ0n) is 11.4. The lowest BCUT2D eigenvalue weighted by Crippen LogP contribution is -2.19. The topological polar surface area (TPSA) is 12.0 Å². The fourth-order valence-electron chi connectivity index (χ4n) is 2.47. The van der Waals surface area contributed by atoms with Crippen LogP contribution in [0.2, 0.25) is 0 Å². The van der Waals surface area contributed by atoms with E-state index in [1.807, 2.05) is 0 Å². The fraction of sp³-hybridized carbons (Fsp3) is 0.600. The van der Waals surface area contributed by atoms with Gasteiger partial charge in [-0.3, -0.25) is 0 Å². The van der Waals surface area contributed by atoms with Gasteiger partial charge in [-0.15, -0.1) is 0 Å². The molecule has 16 heavy (non-hydrogen) atoms. The summed E-state index contributed by atoms with van der Waals surface area (Å²) in [7, 11) is 0. The number of hydrogen-bond donors (Lipinski definition) is 1. The molecule has 1 nitrogen and oxygen atoms in total. The van der Waals surface area contributed by atoms with Gasteiger partial charge in [0, 0.05) is 11.4 Å². The molecule has 1 heterocycles. The smallest absolute Gasteiger partial charge is 0.0311 e. The van der Waals surface area contributed by atoms with Gasteiger partial charge in [0.25, 0.3) is 0 Å². The molecule has 1 aliphatic rings. The van der Waals surface area contributed by atoms with Gasteiger partial charge >= 0.3 is 0 Å². The lowest BCUT2D eigenvalue weighted by atomic mass is 9.83. The van der Waals surface area contributed by atoms with Crippen molar-refractivity contribution < 1.29 is 0 Å². The molecule has 1 heteroatoms. The Balaban J connectivity index is 2.55. The molecule has 1 rings (SSSR count). The number of dihydropyridines is 1. The van der Waals surface area contributed by atoms with Gasteiger partial charge in [0.2, 0.25) is 0 Å². The first-order chi connectivity index (χ1) is 7.26. The van der Waals surface area contributed by atoms with Crippen molar-refractivity contribution in [1.82, 2.24) is 5.32 Å². The van der Waals surface area contributed by atoms with Gasteiger partial charge in [-0.1, -0.05) is 34.3 Å². The Morgan fingerprint density at radius 3 is 2.44 bits per heavy atom. The van der Waals surface area contributed by atoms with Gasteiger partial charge < -0.3 is 5.32 Å². The summed E-state index contributed by atoms with van der Waals surface area (Å²) in [6, 6.07) is 0. The third-order valence-electron chi connectivity index (χ3n) is 2.65. The number of hydrogen-bond acceptors (Lipinski definition) is 1. The van der Waals surface area contributed by atoms with Crippen LogP contribution in [0.1, 0.15) is 47.5 Å². The second-order valence-electron chi connectivity index (χ2n) is 6.28. The van der Waals surface area contributed by atoms with Crippen LogP contribution in [-0.4, -0.2) is 0 Å². The minimum Gasteiger partial charge on any atom is -0.359 e. The second-order valence-corrected chi connectivity index (χ2v) is 6.28.